The van der Waals surface area contributed by atoms with Gasteiger partial charge in [0.05, 0.1) is 0 Å². The number of ether oxygens (including phenoxy) is 2. The summed E-state index contributed by atoms with van der Waals surface area (Å²) in [5.74, 6) is 1.64. The molecule has 1 aromatic heterocycles. The van der Waals surface area contributed by atoms with Crippen LogP contribution >= 0.6 is 15.9 Å². The maximum Gasteiger partial charge on any atom is 0.231 e. The number of nitrogens with one attached hydrogen (secondary N) is 1. The maximum absolute atomic E-state index is 5.35. The third-order valence-electron chi connectivity index (χ3n) is 2.86. The third-order valence-corrected chi connectivity index (χ3v) is 3.29. The van der Waals surface area contributed by atoms with E-state index in [4.69, 9.17) is 9.47 Å². The zero-order valence-corrected chi connectivity index (χ0v) is 11.8. The standard InChI is InChI=1S/C14H13BrN2O2/c15-12-3-11(7-17-8-12)6-16-5-10-1-2-13-14(4-10)19-9-18-13/h1-4,7-8,16H,5-6,9H2. The van der Waals surface area contributed by atoms with Crippen LogP contribution in [0.2, 0.25) is 0 Å². The second-order valence-electron chi connectivity index (χ2n) is 4.30. The molecule has 0 aliphatic carbocycles. The van der Waals surface area contributed by atoms with Crippen LogP contribution in [0.5, 0.6) is 11.5 Å². The lowest BCUT2D eigenvalue weighted by Gasteiger charge is -2.06. The number of fused-ring (bicyclic) bond motifs is 1. The van der Waals surface area contributed by atoms with E-state index < -0.39 is 0 Å². The lowest BCUT2D eigenvalue weighted by Crippen LogP contribution is -2.12. The molecule has 0 bridgehead atoms. The molecule has 1 aromatic carbocycles. The predicted molar refractivity (Wildman–Crippen MR) is 75.0 cm³/mol. The molecule has 3 rings (SSSR count). The van der Waals surface area contributed by atoms with Crippen molar-refractivity contribution in [2.24, 2.45) is 0 Å². The lowest BCUT2D eigenvalue weighted by molar-refractivity contribution is 0.174. The van der Waals surface area contributed by atoms with E-state index in [-0.39, 0.29) is 0 Å². The molecule has 2 aromatic rings. The Labute approximate surface area is 119 Å². The van der Waals surface area contributed by atoms with Gasteiger partial charge < -0.3 is 14.8 Å². The molecular formula is C14H13BrN2O2. The Kier molecular flexibility index (Phi) is 3.66. The predicted octanol–water partition coefficient (Wildman–Crippen LogP) is 2.86. The summed E-state index contributed by atoms with van der Waals surface area (Å²) in [5.41, 5.74) is 2.32. The summed E-state index contributed by atoms with van der Waals surface area (Å²) < 4.78 is 11.6. The van der Waals surface area contributed by atoms with Crippen LogP contribution in [0.15, 0.2) is 41.1 Å². The first-order valence-electron chi connectivity index (χ1n) is 6.00. The van der Waals surface area contributed by atoms with Gasteiger partial charge >= 0.3 is 0 Å². The average molecular weight is 321 g/mol. The van der Waals surface area contributed by atoms with Gasteiger partial charge in [-0.05, 0) is 45.3 Å². The summed E-state index contributed by atoms with van der Waals surface area (Å²) >= 11 is 3.41. The highest BCUT2D eigenvalue weighted by molar-refractivity contribution is 9.10. The van der Waals surface area contributed by atoms with Gasteiger partial charge in [-0.1, -0.05) is 6.07 Å². The Morgan fingerprint density at radius 2 is 1.89 bits per heavy atom. The van der Waals surface area contributed by atoms with E-state index in [0.29, 0.717) is 6.79 Å². The van der Waals surface area contributed by atoms with Crippen LogP contribution in [-0.2, 0) is 13.1 Å². The van der Waals surface area contributed by atoms with Crippen LogP contribution in [0.25, 0.3) is 0 Å². The lowest BCUT2D eigenvalue weighted by atomic mass is 10.2. The van der Waals surface area contributed by atoms with Crippen LogP contribution in [0.4, 0.5) is 0 Å². The molecule has 5 heteroatoms. The quantitative estimate of drug-likeness (QED) is 0.940. The highest BCUT2D eigenvalue weighted by atomic mass is 79.9. The molecule has 0 atom stereocenters. The first-order chi connectivity index (χ1) is 9.31. The normalized spacial score (nSPS) is 12.7. The van der Waals surface area contributed by atoms with Gasteiger partial charge in [0, 0.05) is 30.0 Å². The van der Waals surface area contributed by atoms with E-state index in [1.807, 2.05) is 24.4 Å². The molecule has 0 radical (unpaired) electrons. The number of hydrogen-bond acceptors (Lipinski definition) is 4. The number of hydrogen-bond donors (Lipinski definition) is 1. The van der Waals surface area contributed by atoms with Crippen molar-refractivity contribution in [1.82, 2.24) is 10.3 Å². The number of rotatable bonds is 4. The van der Waals surface area contributed by atoms with Crippen molar-refractivity contribution in [2.75, 3.05) is 6.79 Å². The van der Waals surface area contributed by atoms with Crippen molar-refractivity contribution in [1.29, 1.82) is 0 Å². The summed E-state index contributed by atoms with van der Waals surface area (Å²) in [5, 5.41) is 3.38. The van der Waals surface area contributed by atoms with Gasteiger partial charge in [-0.2, -0.15) is 0 Å². The summed E-state index contributed by atoms with van der Waals surface area (Å²) in [6.45, 7) is 1.87. The topological polar surface area (TPSA) is 43.4 Å². The Balaban J connectivity index is 1.58. The van der Waals surface area contributed by atoms with Crippen LogP contribution in [0, 0.1) is 0 Å². The minimum absolute atomic E-state index is 0.315. The molecule has 4 nitrogen and oxygen atoms in total. The van der Waals surface area contributed by atoms with E-state index in [9.17, 15) is 0 Å². The highest BCUT2D eigenvalue weighted by Crippen LogP contribution is 2.32. The summed E-state index contributed by atoms with van der Waals surface area (Å²) in [7, 11) is 0. The van der Waals surface area contributed by atoms with Gasteiger partial charge in [-0.25, -0.2) is 0 Å². The highest BCUT2D eigenvalue weighted by Gasteiger charge is 2.12. The fourth-order valence-electron chi connectivity index (χ4n) is 1.95. The van der Waals surface area contributed by atoms with Crippen LogP contribution in [0.3, 0.4) is 0 Å². The molecule has 19 heavy (non-hydrogen) atoms. The third kappa shape index (κ3) is 3.05. The number of halogens is 1. The largest absolute Gasteiger partial charge is 0.454 e. The summed E-state index contributed by atoms with van der Waals surface area (Å²) in [6.07, 6.45) is 3.64. The molecular weight excluding hydrogens is 308 g/mol. The average Bonchev–Trinajstić information content (AvgIpc) is 2.86. The second-order valence-corrected chi connectivity index (χ2v) is 5.22. The van der Waals surface area contributed by atoms with Crippen molar-refractivity contribution < 1.29 is 9.47 Å². The second kappa shape index (κ2) is 5.59. The van der Waals surface area contributed by atoms with Crippen molar-refractivity contribution in [3.05, 3.63) is 52.3 Å². The van der Waals surface area contributed by atoms with Gasteiger partial charge in [0.25, 0.3) is 0 Å². The molecule has 0 amide bonds. The Morgan fingerprint density at radius 3 is 2.79 bits per heavy atom. The fraction of sp³-hybridized carbons (Fsp3) is 0.214. The van der Waals surface area contributed by atoms with E-state index in [1.54, 1.807) is 6.20 Å². The van der Waals surface area contributed by atoms with Gasteiger partial charge in [0.2, 0.25) is 6.79 Å². The molecule has 0 fully saturated rings. The first-order valence-corrected chi connectivity index (χ1v) is 6.79. The van der Waals surface area contributed by atoms with E-state index in [1.165, 1.54) is 5.56 Å². The molecule has 0 unspecified atom stereocenters. The number of nitrogens with zero attached hydrogens (tertiary/aromatic N) is 1. The fourth-order valence-corrected chi connectivity index (χ4v) is 2.37. The SMILES string of the molecule is Brc1cncc(CNCc2ccc3c(c2)OCO3)c1. The molecule has 0 spiro atoms. The smallest absolute Gasteiger partial charge is 0.231 e. The van der Waals surface area contributed by atoms with Crippen molar-refractivity contribution in [3.8, 4) is 11.5 Å². The summed E-state index contributed by atoms with van der Waals surface area (Å²) in [4.78, 5) is 4.13. The van der Waals surface area contributed by atoms with Crippen LogP contribution in [-0.4, -0.2) is 11.8 Å². The molecule has 2 heterocycles. The molecule has 0 saturated heterocycles. The number of benzene rings is 1. The van der Waals surface area contributed by atoms with Gasteiger partial charge in [0.1, 0.15) is 0 Å². The molecule has 1 N–H and O–H groups in total. The Bertz CT molecular complexity index is 589. The zero-order valence-electron chi connectivity index (χ0n) is 10.2. The van der Waals surface area contributed by atoms with Crippen LogP contribution < -0.4 is 14.8 Å². The Morgan fingerprint density at radius 1 is 1.05 bits per heavy atom. The van der Waals surface area contributed by atoms with Crippen molar-refractivity contribution >= 4 is 15.9 Å². The molecule has 1 aliphatic rings. The zero-order chi connectivity index (χ0) is 13.1. The van der Waals surface area contributed by atoms with E-state index in [2.05, 4.69) is 32.3 Å². The maximum atomic E-state index is 5.35. The van der Waals surface area contributed by atoms with Gasteiger partial charge in [-0.3, -0.25) is 4.98 Å². The van der Waals surface area contributed by atoms with Gasteiger partial charge in [0.15, 0.2) is 11.5 Å². The van der Waals surface area contributed by atoms with Crippen molar-refractivity contribution in [2.45, 2.75) is 13.1 Å². The summed E-state index contributed by atoms with van der Waals surface area (Å²) in [6, 6.07) is 8.05. The van der Waals surface area contributed by atoms with E-state index >= 15 is 0 Å². The number of aromatic nitrogens is 1. The minimum Gasteiger partial charge on any atom is -0.454 e. The molecule has 0 saturated carbocycles. The first kappa shape index (κ1) is 12.4. The minimum atomic E-state index is 0.315. The van der Waals surface area contributed by atoms with E-state index in [0.717, 1.165) is 34.6 Å². The van der Waals surface area contributed by atoms with Gasteiger partial charge in [-0.15, -0.1) is 0 Å². The molecule has 98 valence electrons. The Hall–Kier alpha value is -1.59. The molecule has 1 aliphatic heterocycles. The van der Waals surface area contributed by atoms with Crippen LogP contribution in [0.1, 0.15) is 11.1 Å². The van der Waals surface area contributed by atoms with Crippen molar-refractivity contribution in [3.63, 3.8) is 0 Å². The monoisotopic (exact) mass is 320 g/mol. The number of pyridine rings is 1.